The Morgan fingerprint density at radius 2 is 2.43 bits per heavy atom. The van der Waals surface area contributed by atoms with E-state index in [0.29, 0.717) is 24.2 Å². The molecule has 14 heavy (non-hydrogen) atoms. The highest BCUT2D eigenvalue weighted by atomic mass is 19.1. The number of carbonyl (C=O) groups excluding carboxylic acids is 1. The molecule has 0 bridgehead atoms. The predicted octanol–water partition coefficient (Wildman–Crippen LogP) is 2.11. The second-order valence-corrected chi connectivity index (χ2v) is 3.57. The predicted molar refractivity (Wildman–Crippen MR) is 49.8 cm³/mol. The summed E-state index contributed by atoms with van der Waals surface area (Å²) in [4.78, 5) is 10.9. The largest absolute Gasteiger partial charge is 0.489 e. The van der Waals surface area contributed by atoms with Gasteiger partial charge in [0.2, 0.25) is 0 Å². The standard InChI is InChI=1S/C11H11FO2/c1-7(13)5-8-6-9-10(12)3-2-4-11(9)14-8/h2-4,8H,5-6H2,1H3. The lowest BCUT2D eigenvalue weighted by molar-refractivity contribution is -0.118. The van der Waals surface area contributed by atoms with Crippen LogP contribution < -0.4 is 4.74 Å². The van der Waals surface area contributed by atoms with E-state index in [9.17, 15) is 9.18 Å². The first-order valence-electron chi connectivity index (χ1n) is 4.60. The fraction of sp³-hybridized carbons (Fsp3) is 0.364. The summed E-state index contributed by atoms with van der Waals surface area (Å²) in [5.74, 6) is 0.410. The van der Waals surface area contributed by atoms with Crippen molar-refractivity contribution in [1.29, 1.82) is 0 Å². The SMILES string of the molecule is CC(=O)CC1Cc2c(F)cccc2O1. The molecule has 74 valence electrons. The van der Waals surface area contributed by atoms with Gasteiger partial charge < -0.3 is 4.74 Å². The summed E-state index contributed by atoms with van der Waals surface area (Å²) >= 11 is 0. The zero-order valence-electron chi connectivity index (χ0n) is 7.92. The van der Waals surface area contributed by atoms with Crippen LogP contribution in [0.1, 0.15) is 18.9 Å². The first-order valence-corrected chi connectivity index (χ1v) is 4.60. The summed E-state index contributed by atoms with van der Waals surface area (Å²) in [5, 5.41) is 0. The van der Waals surface area contributed by atoms with Gasteiger partial charge in [0.15, 0.2) is 0 Å². The Hall–Kier alpha value is -1.38. The summed E-state index contributed by atoms with van der Waals surface area (Å²) in [5.41, 5.74) is 0.596. The number of Topliss-reactive ketones (excluding diaryl/α,β-unsaturated/α-hetero) is 1. The molecule has 0 spiro atoms. The van der Waals surface area contributed by atoms with Crippen molar-refractivity contribution in [2.24, 2.45) is 0 Å². The molecule has 0 N–H and O–H groups in total. The molecule has 1 unspecified atom stereocenters. The molecular formula is C11H11FO2. The third kappa shape index (κ3) is 1.62. The maximum atomic E-state index is 13.2. The average molecular weight is 194 g/mol. The van der Waals surface area contributed by atoms with Crippen LogP contribution in [0.2, 0.25) is 0 Å². The maximum Gasteiger partial charge on any atom is 0.133 e. The quantitative estimate of drug-likeness (QED) is 0.720. The summed E-state index contributed by atoms with van der Waals surface area (Å²) in [7, 11) is 0. The molecule has 1 heterocycles. The molecule has 1 aromatic rings. The number of fused-ring (bicyclic) bond motifs is 1. The summed E-state index contributed by atoms with van der Waals surface area (Å²) in [6, 6.07) is 4.77. The third-order valence-corrected chi connectivity index (χ3v) is 2.32. The van der Waals surface area contributed by atoms with Gasteiger partial charge in [0.25, 0.3) is 0 Å². The van der Waals surface area contributed by atoms with Crippen molar-refractivity contribution in [3.8, 4) is 5.75 Å². The molecule has 1 aromatic carbocycles. The van der Waals surface area contributed by atoms with E-state index in [1.165, 1.54) is 13.0 Å². The van der Waals surface area contributed by atoms with Crippen molar-refractivity contribution in [2.75, 3.05) is 0 Å². The Balaban J connectivity index is 2.18. The molecule has 0 radical (unpaired) electrons. The highest BCUT2D eigenvalue weighted by Gasteiger charge is 2.26. The zero-order chi connectivity index (χ0) is 10.1. The second-order valence-electron chi connectivity index (χ2n) is 3.57. The second kappa shape index (κ2) is 3.40. The number of ketones is 1. The average Bonchev–Trinajstić information content (AvgIpc) is 2.47. The number of hydrogen-bond acceptors (Lipinski definition) is 2. The van der Waals surface area contributed by atoms with Crippen molar-refractivity contribution in [3.63, 3.8) is 0 Å². The molecule has 2 rings (SSSR count). The number of ether oxygens (including phenoxy) is 1. The highest BCUT2D eigenvalue weighted by molar-refractivity contribution is 5.76. The van der Waals surface area contributed by atoms with Crippen molar-refractivity contribution >= 4 is 5.78 Å². The summed E-state index contributed by atoms with van der Waals surface area (Å²) in [6.07, 6.45) is 0.676. The van der Waals surface area contributed by atoms with Crippen LogP contribution in [-0.4, -0.2) is 11.9 Å². The van der Waals surface area contributed by atoms with E-state index in [0.717, 1.165) is 0 Å². The fourth-order valence-corrected chi connectivity index (χ4v) is 1.73. The number of carbonyl (C=O) groups is 1. The monoisotopic (exact) mass is 194 g/mol. The molecule has 0 aromatic heterocycles. The molecule has 0 saturated carbocycles. The number of hydrogen-bond donors (Lipinski definition) is 0. The van der Waals surface area contributed by atoms with Crippen molar-refractivity contribution < 1.29 is 13.9 Å². The Kier molecular flexibility index (Phi) is 2.23. The normalized spacial score (nSPS) is 18.9. The first-order chi connectivity index (χ1) is 6.66. The van der Waals surface area contributed by atoms with E-state index >= 15 is 0 Å². The molecule has 0 amide bonds. The minimum absolute atomic E-state index is 0.0724. The van der Waals surface area contributed by atoms with E-state index in [2.05, 4.69) is 0 Å². The van der Waals surface area contributed by atoms with E-state index in [4.69, 9.17) is 4.74 Å². The van der Waals surface area contributed by atoms with Crippen molar-refractivity contribution in [1.82, 2.24) is 0 Å². The van der Waals surface area contributed by atoms with Gasteiger partial charge in [-0.25, -0.2) is 4.39 Å². The Morgan fingerprint density at radius 3 is 3.07 bits per heavy atom. The summed E-state index contributed by atoms with van der Waals surface area (Å²) < 4.78 is 18.7. The van der Waals surface area contributed by atoms with E-state index in [-0.39, 0.29) is 17.7 Å². The minimum atomic E-state index is -0.242. The van der Waals surface area contributed by atoms with Gasteiger partial charge in [-0.05, 0) is 19.1 Å². The minimum Gasteiger partial charge on any atom is -0.489 e. The van der Waals surface area contributed by atoms with Crippen LogP contribution in [0.25, 0.3) is 0 Å². The molecule has 1 aliphatic heterocycles. The molecular weight excluding hydrogens is 183 g/mol. The Morgan fingerprint density at radius 1 is 1.64 bits per heavy atom. The zero-order valence-corrected chi connectivity index (χ0v) is 7.92. The molecule has 1 atom stereocenters. The maximum absolute atomic E-state index is 13.2. The lowest BCUT2D eigenvalue weighted by Crippen LogP contribution is -2.16. The number of benzene rings is 1. The molecule has 0 fully saturated rings. The van der Waals surface area contributed by atoms with Gasteiger partial charge >= 0.3 is 0 Å². The Labute approximate surface area is 81.7 Å². The molecule has 2 nitrogen and oxygen atoms in total. The highest BCUT2D eigenvalue weighted by Crippen LogP contribution is 2.31. The van der Waals surface area contributed by atoms with Crippen LogP contribution in [0.4, 0.5) is 4.39 Å². The van der Waals surface area contributed by atoms with E-state index < -0.39 is 0 Å². The molecule has 0 saturated heterocycles. The van der Waals surface area contributed by atoms with Crippen molar-refractivity contribution in [3.05, 3.63) is 29.6 Å². The Bertz CT molecular complexity index is 374. The molecule has 0 aliphatic carbocycles. The van der Waals surface area contributed by atoms with Gasteiger partial charge in [-0.3, -0.25) is 4.79 Å². The smallest absolute Gasteiger partial charge is 0.133 e. The van der Waals surface area contributed by atoms with Gasteiger partial charge in [0.1, 0.15) is 23.5 Å². The van der Waals surface area contributed by atoms with Gasteiger partial charge in [-0.15, -0.1) is 0 Å². The van der Waals surface area contributed by atoms with Gasteiger partial charge in [0.05, 0.1) is 0 Å². The van der Waals surface area contributed by atoms with E-state index in [1.807, 2.05) is 0 Å². The number of halogens is 1. The van der Waals surface area contributed by atoms with Crippen LogP contribution in [0.3, 0.4) is 0 Å². The van der Waals surface area contributed by atoms with Gasteiger partial charge in [0, 0.05) is 18.4 Å². The fourth-order valence-electron chi connectivity index (χ4n) is 1.73. The number of rotatable bonds is 2. The van der Waals surface area contributed by atoms with Crippen LogP contribution in [-0.2, 0) is 11.2 Å². The molecule has 1 aliphatic rings. The third-order valence-electron chi connectivity index (χ3n) is 2.32. The van der Waals surface area contributed by atoms with Crippen LogP contribution in [0.15, 0.2) is 18.2 Å². The van der Waals surface area contributed by atoms with Crippen LogP contribution in [0, 0.1) is 5.82 Å². The van der Waals surface area contributed by atoms with Gasteiger partial charge in [-0.2, -0.15) is 0 Å². The summed E-state index contributed by atoms with van der Waals surface area (Å²) in [6.45, 7) is 1.52. The lowest BCUT2D eigenvalue weighted by Gasteiger charge is -2.06. The van der Waals surface area contributed by atoms with Crippen molar-refractivity contribution in [2.45, 2.75) is 25.9 Å². The van der Waals surface area contributed by atoms with Crippen LogP contribution >= 0.6 is 0 Å². The lowest BCUT2D eigenvalue weighted by atomic mass is 10.1. The van der Waals surface area contributed by atoms with E-state index in [1.54, 1.807) is 12.1 Å². The topological polar surface area (TPSA) is 26.3 Å². The van der Waals surface area contributed by atoms with Crippen LogP contribution in [0.5, 0.6) is 5.75 Å². The van der Waals surface area contributed by atoms with Gasteiger partial charge in [-0.1, -0.05) is 6.07 Å². The first kappa shape index (κ1) is 9.19. The molecule has 3 heteroatoms.